The summed E-state index contributed by atoms with van der Waals surface area (Å²) in [7, 11) is 0. The number of benzene rings is 3. The molecular weight excluding hydrogens is 495 g/mol. The van der Waals surface area contributed by atoms with E-state index in [1.54, 1.807) is 23.1 Å². The highest BCUT2D eigenvalue weighted by molar-refractivity contribution is 6.35. The predicted octanol–water partition coefficient (Wildman–Crippen LogP) is 6.32. The zero-order valence-electron chi connectivity index (χ0n) is 20.5. The standard InChI is InChI=1S/C29H32Cl2N2O3/c1-2-17-32-29(35)27(19-22-10-5-3-6-11-22)33(21-23-15-16-24(30)20-26(23)31)28(34)14-9-18-36-25-12-7-4-8-13-25/h3-8,10-13,15-16,20,27H,2,9,14,17-19,21H2,1H3,(H,32,35)/t27-/m0/s1. The van der Waals surface area contributed by atoms with Crippen molar-refractivity contribution in [3.63, 3.8) is 0 Å². The van der Waals surface area contributed by atoms with Crippen molar-refractivity contribution in [2.75, 3.05) is 13.2 Å². The minimum Gasteiger partial charge on any atom is -0.494 e. The molecule has 0 saturated carbocycles. The molecule has 0 saturated heterocycles. The number of halogens is 2. The van der Waals surface area contributed by atoms with E-state index in [1.807, 2.05) is 67.6 Å². The quantitative estimate of drug-likeness (QED) is 0.265. The lowest BCUT2D eigenvalue weighted by molar-refractivity contribution is -0.141. The molecule has 0 radical (unpaired) electrons. The van der Waals surface area contributed by atoms with Crippen LogP contribution in [0.5, 0.6) is 5.75 Å². The molecule has 0 aliphatic carbocycles. The Morgan fingerprint density at radius 1 is 0.972 bits per heavy atom. The van der Waals surface area contributed by atoms with Crippen molar-refractivity contribution in [2.45, 2.75) is 45.2 Å². The molecule has 7 heteroatoms. The van der Waals surface area contributed by atoms with Crippen LogP contribution in [0.15, 0.2) is 78.9 Å². The first-order chi connectivity index (χ1) is 17.5. The van der Waals surface area contributed by atoms with Gasteiger partial charge in [-0.2, -0.15) is 0 Å². The van der Waals surface area contributed by atoms with E-state index >= 15 is 0 Å². The molecule has 0 aliphatic rings. The molecule has 3 aromatic carbocycles. The molecule has 1 N–H and O–H groups in total. The second kappa shape index (κ2) is 14.5. The molecule has 0 heterocycles. The second-order valence-corrected chi connectivity index (χ2v) is 9.36. The molecule has 0 aliphatic heterocycles. The molecule has 3 rings (SSSR count). The van der Waals surface area contributed by atoms with Gasteiger partial charge in [-0.15, -0.1) is 0 Å². The molecule has 0 bridgehead atoms. The second-order valence-electron chi connectivity index (χ2n) is 8.52. The highest BCUT2D eigenvalue weighted by Gasteiger charge is 2.30. The maximum Gasteiger partial charge on any atom is 0.243 e. The Morgan fingerprint density at radius 2 is 1.67 bits per heavy atom. The average Bonchev–Trinajstić information content (AvgIpc) is 2.89. The van der Waals surface area contributed by atoms with E-state index in [-0.39, 0.29) is 24.8 Å². The minimum absolute atomic E-state index is 0.134. The van der Waals surface area contributed by atoms with Crippen molar-refractivity contribution in [2.24, 2.45) is 0 Å². The van der Waals surface area contributed by atoms with Gasteiger partial charge in [0.25, 0.3) is 0 Å². The van der Waals surface area contributed by atoms with Gasteiger partial charge in [0.15, 0.2) is 0 Å². The number of nitrogens with zero attached hydrogens (tertiary/aromatic N) is 1. The summed E-state index contributed by atoms with van der Waals surface area (Å²) in [5.74, 6) is 0.445. The number of hydrogen-bond acceptors (Lipinski definition) is 3. The van der Waals surface area contributed by atoms with Crippen molar-refractivity contribution in [3.05, 3.63) is 100 Å². The molecular formula is C29H32Cl2N2O3. The van der Waals surface area contributed by atoms with Gasteiger partial charge >= 0.3 is 0 Å². The van der Waals surface area contributed by atoms with Crippen molar-refractivity contribution >= 4 is 35.0 Å². The van der Waals surface area contributed by atoms with Gasteiger partial charge in [0.1, 0.15) is 11.8 Å². The van der Waals surface area contributed by atoms with Gasteiger partial charge in [0, 0.05) is 36.0 Å². The fraction of sp³-hybridized carbons (Fsp3) is 0.310. The van der Waals surface area contributed by atoms with Crippen molar-refractivity contribution in [1.29, 1.82) is 0 Å². The molecule has 0 aromatic heterocycles. The summed E-state index contributed by atoms with van der Waals surface area (Å²) in [6.07, 6.45) is 1.96. The highest BCUT2D eigenvalue weighted by Crippen LogP contribution is 2.24. The summed E-state index contributed by atoms with van der Waals surface area (Å²) in [6, 6.07) is 23.7. The molecule has 5 nitrogen and oxygen atoms in total. The van der Waals surface area contributed by atoms with Crippen LogP contribution < -0.4 is 10.1 Å². The van der Waals surface area contributed by atoms with Gasteiger partial charge in [-0.25, -0.2) is 0 Å². The monoisotopic (exact) mass is 526 g/mol. The van der Waals surface area contributed by atoms with Gasteiger partial charge in [0.2, 0.25) is 11.8 Å². The number of carbonyl (C=O) groups excluding carboxylic acids is 2. The van der Waals surface area contributed by atoms with Crippen LogP contribution in [-0.2, 0) is 22.6 Å². The maximum atomic E-state index is 13.6. The number of rotatable bonds is 13. The van der Waals surface area contributed by atoms with Gasteiger partial charge in [-0.05, 0) is 48.2 Å². The van der Waals surface area contributed by atoms with E-state index in [0.717, 1.165) is 23.3 Å². The average molecular weight is 527 g/mol. The predicted molar refractivity (Wildman–Crippen MR) is 145 cm³/mol. The fourth-order valence-corrected chi connectivity index (χ4v) is 4.30. The normalized spacial score (nSPS) is 11.5. The van der Waals surface area contributed by atoms with E-state index in [4.69, 9.17) is 27.9 Å². The number of carbonyl (C=O) groups is 2. The molecule has 0 fully saturated rings. The van der Waals surface area contributed by atoms with Crippen LogP contribution in [0.25, 0.3) is 0 Å². The summed E-state index contributed by atoms with van der Waals surface area (Å²) in [5, 5.41) is 3.95. The van der Waals surface area contributed by atoms with Crippen LogP contribution in [0.1, 0.15) is 37.3 Å². The van der Waals surface area contributed by atoms with E-state index in [1.165, 1.54) is 0 Å². The van der Waals surface area contributed by atoms with Gasteiger partial charge < -0.3 is 15.0 Å². The van der Waals surface area contributed by atoms with Gasteiger partial charge in [-0.1, -0.05) is 84.7 Å². The Bertz CT molecular complexity index is 1110. The van der Waals surface area contributed by atoms with Gasteiger partial charge in [-0.3, -0.25) is 9.59 Å². The van der Waals surface area contributed by atoms with E-state index in [0.29, 0.717) is 36.0 Å². The molecule has 3 aromatic rings. The molecule has 36 heavy (non-hydrogen) atoms. The first kappa shape index (κ1) is 27.6. The number of amides is 2. The van der Waals surface area contributed by atoms with Crippen LogP contribution in [0.4, 0.5) is 0 Å². The lowest BCUT2D eigenvalue weighted by atomic mass is 10.0. The fourth-order valence-electron chi connectivity index (χ4n) is 3.83. The van der Waals surface area contributed by atoms with Crippen LogP contribution in [-0.4, -0.2) is 35.9 Å². The lowest BCUT2D eigenvalue weighted by Crippen LogP contribution is -2.50. The Morgan fingerprint density at radius 3 is 2.33 bits per heavy atom. The number of ether oxygens (including phenoxy) is 1. The third-order valence-corrected chi connectivity index (χ3v) is 6.31. The van der Waals surface area contributed by atoms with Gasteiger partial charge in [0.05, 0.1) is 6.61 Å². The smallest absolute Gasteiger partial charge is 0.243 e. The summed E-state index contributed by atoms with van der Waals surface area (Å²) in [6.45, 7) is 3.14. The largest absolute Gasteiger partial charge is 0.494 e. The highest BCUT2D eigenvalue weighted by atomic mass is 35.5. The topological polar surface area (TPSA) is 58.6 Å². The van der Waals surface area contributed by atoms with Crippen molar-refractivity contribution in [1.82, 2.24) is 10.2 Å². The Hall–Kier alpha value is -3.02. The first-order valence-electron chi connectivity index (χ1n) is 12.2. The third kappa shape index (κ3) is 8.58. The maximum absolute atomic E-state index is 13.6. The molecule has 0 unspecified atom stereocenters. The van der Waals surface area contributed by atoms with Crippen molar-refractivity contribution in [3.8, 4) is 5.75 Å². The van der Waals surface area contributed by atoms with Crippen LogP contribution in [0.2, 0.25) is 10.0 Å². The van der Waals surface area contributed by atoms with E-state index in [9.17, 15) is 9.59 Å². The first-order valence-corrected chi connectivity index (χ1v) is 13.0. The van der Waals surface area contributed by atoms with Crippen LogP contribution in [0, 0.1) is 0 Å². The van der Waals surface area contributed by atoms with Crippen LogP contribution in [0.3, 0.4) is 0 Å². The molecule has 2 amide bonds. The summed E-state index contributed by atoms with van der Waals surface area (Å²) in [5.41, 5.74) is 1.71. The zero-order chi connectivity index (χ0) is 25.8. The Kier molecular flexibility index (Phi) is 11.1. The minimum atomic E-state index is -0.687. The summed E-state index contributed by atoms with van der Waals surface area (Å²) < 4.78 is 5.76. The SMILES string of the molecule is CCCNC(=O)[C@H](Cc1ccccc1)N(Cc1ccc(Cl)cc1Cl)C(=O)CCCOc1ccccc1. The zero-order valence-corrected chi connectivity index (χ0v) is 22.0. The number of para-hydroxylation sites is 1. The Labute approximate surface area is 223 Å². The lowest BCUT2D eigenvalue weighted by Gasteiger charge is -2.32. The molecule has 190 valence electrons. The van der Waals surface area contributed by atoms with E-state index in [2.05, 4.69) is 5.32 Å². The molecule has 0 spiro atoms. The van der Waals surface area contributed by atoms with E-state index < -0.39 is 6.04 Å². The summed E-state index contributed by atoms with van der Waals surface area (Å²) in [4.78, 5) is 28.5. The van der Waals surface area contributed by atoms with Crippen molar-refractivity contribution < 1.29 is 14.3 Å². The summed E-state index contributed by atoms with van der Waals surface area (Å²) >= 11 is 12.5. The van der Waals surface area contributed by atoms with Crippen LogP contribution >= 0.6 is 23.2 Å². The Balaban J connectivity index is 1.81. The number of hydrogen-bond donors (Lipinski definition) is 1. The molecule has 1 atom stereocenters. The third-order valence-electron chi connectivity index (χ3n) is 5.72. The number of nitrogens with one attached hydrogen (secondary N) is 1.